The number of benzene rings is 2. The summed E-state index contributed by atoms with van der Waals surface area (Å²) in [4.78, 5) is 4.80. The third-order valence-electron chi connectivity index (χ3n) is 6.00. The fraction of sp³-hybridized carbons (Fsp3) is 0.286. The van der Waals surface area contributed by atoms with Gasteiger partial charge in [-0.15, -0.1) is 0 Å². The van der Waals surface area contributed by atoms with Crippen molar-refractivity contribution in [2.24, 2.45) is 0 Å². The second-order valence-electron chi connectivity index (χ2n) is 8.23. The van der Waals surface area contributed by atoms with E-state index in [1.165, 1.54) is 5.56 Å². The molecule has 0 aliphatic carbocycles. The first-order valence-corrected chi connectivity index (χ1v) is 11.5. The van der Waals surface area contributed by atoms with Gasteiger partial charge in [-0.25, -0.2) is 4.68 Å². The molecule has 4 nitrogen and oxygen atoms in total. The van der Waals surface area contributed by atoms with Crippen molar-refractivity contribution in [3.05, 3.63) is 103 Å². The lowest BCUT2D eigenvalue weighted by molar-refractivity contribution is 0.402. The van der Waals surface area contributed by atoms with E-state index in [1.54, 1.807) is 6.20 Å². The van der Waals surface area contributed by atoms with Gasteiger partial charge in [0.25, 0.3) is 0 Å². The summed E-state index contributed by atoms with van der Waals surface area (Å²) in [5, 5.41) is 4.32. The van der Waals surface area contributed by atoms with Gasteiger partial charge in [0.05, 0.1) is 11.4 Å². The zero-order chi connectivity index (χ0) is 22.2. The molecule has 0 bridgehead atoms. The third kappa shape index (κ3) is 4.75. The van der Waals surface area contributed by atoms with Crippen LogP contribution in [0.3, 0.4) is 0 Å². The smallest absolute Gasteiger partial charge is 0.129 e. The predicted octanol–water partition coefficient (Wildman–Crippen LogP) is 7.34. The standard InChI is InChI=1S/C28H31N3O/c1-3-5-17-28(16-4-2,27-15-6-7-18-29-27)23-11-8-13-25(21-23)32-26-14-9-12-24(22-26)31-20-10-19-30-31/h6-15,18-22H,3-5,16-17H2,1-2H3. The molecular formula is C28H31N3O. The Bertz CT molecular complexity index is 1110. The van der Waals surface area contributed by atoms with Crippen LogP contribution in [-0.4, -0.2) is 14.8 Å². The maximum absolute atomic E-state index is 6.31. The molecule has 4 heteroatoms. The fourth-order valence-corrected chi connectivity index (χ4v) is 4.47. The number of nitrogens with zero attached hydrogens (tertiary/aromatic N) is 3. The van der Waals surface area contributed by atoms with Crippen LogP contribution in [-0.2, 0) is 5.41 Å². The largest absolute Gasteiger partial charge is 0.457 e. The van der Waals surface area contributed by atoms with E-state index in [0.29, 0.717) is 0 Å². The van der Waals surface area contributed by atoms with Crippen molar-refractivity contribution in [2.75, 3.05) is 0 Å². The maximum Gasteiger partial charge on any atom is 0.129 e. The molecular weight excluding hydrogens is 394 g/mol. The highest BCUT2D eigenvalue weighted by Crippen LogP contribution is 2.42. The summed E-state index contributed by atoms with van der Waals surface area (Å²) in [5.74, 6) is 1.63. The summed E-state index contributed by atoms with van der Waals surface area (Å²) >= 11 is 0. The van der Waals surface area contributed by atoms with Crippen LogP contribution in [0.4, 0.5) is 0 Å². The molecule has 2 heterocycles. The van der Waals surface area contributed by atoms with Gasteiger partial charge in [-0.1, -0.05) is 57.4 Å². The van der Waals surface area contributed by atoms with Crippen molar-refractivity contribution in [3.8, 4) is 17.2 Å². The van der Waals surface area contributed by atoms with Crippen molar-refractivity contribution in [1.82, 2.24) is 14.8 Å². The summed E-state index contributed by atoms with van der Waals surface area (Å²) in [6.07, 6.45) is 11.2. The first-order chi connectivity index (χ1) is 15.7. The van der Waals surface area contributed by atoms with Crippen molar-refractivity contribution >= 4 is 0 Å². The number of pyridine rings is 1. The summed E-state index contributed by atoms with van der Waals surface area (Å²) in [5.41, 5.74) is 3.28. The molecule has 0 N–H and O–H groups in total. The molecule has 2 aromatic heterocycles. The van der Waals surface area contributed by atoms with Crippen molar-refractivity contribution < 1.29 is 4.74 Å². The van der Waals surface area contributed by atoms with Crippen molar-refractivity contribution in [3.63, 3.8) is 0 Å². The average molecular weight is 426 g/mol. The van der Waals surface area contributed by atoms with Gasteiger partial charge < -0.3 is 4.74 Å². The second-order valence-corrected chi connectivity index (χ2v) is 8.23. The highest BCUT2D eigenvalue weighted by Gasteiger charge is 2.34. The number of rotatable bonds is 10. The highest BCUT2D eigenvalue weighted by molar-refractivity contribution is 5.44. The van der Waals surface area contributed by atoms with Crippen LogP contribution < -0.4 is 4.74 Å². The molecule has 0 saturated heterocycles. The molecule has 0 aliphatic heterocycles. The SMILES string of the molecule is CCCCC(CCC)(c1cccc(Oc2cccc(-n3cccn3)c2)c1)c1ccccn1. The van der Waals surface area contributed by atoms with Crippen LogP contribution in [0, 0.1) is 0 Å². The Hall–Kier alpha value is -3.40. The van der Waals surface area contributed by atoms with Crippen LogP contribution in [0.15, 0.2) is 91.4 Å². The average Bonchev–Trinajstić information content (AvgIpc) is 3.38. The molecule has 1 atom stereocenters. The minimum absolute atomic E-state index is 0.109. The van der Waals surface area contributed by atoms with E-state index in [4.69, 9.17) is 9.72 Å². The quantitative estimate of drug-likeness (QED) is 0.267. The molecule has 4 aromatic rings. The summed E-state index contributed by atoms with van der Waals surface area (Å²) in [7, 11) is 0. The number of unbranched alkanes of at least 4 members (excludes halogenated alkanes) is 1. The van der Waals surface area contributed by atoms with Gasteiger partial charge in [0.15, 0.2) is 0 Å². The lowest BCUT2D eigenvalue weighted by atomic mass is 9.70. The molecule has 0 fully saturated rings. The van der Waals surface area contributed by atoms with Gasteiger partial charge in [-0.3, -0.25) is 4.98 Å². The predicted molar refractivity (Wildman–Crippen MR) is 130 cm³/mol. The van der Waals surface area contributed by atoms with E-state index in [2.05, 4.69) is 49.3 Å². The minimum Gasteiger partial charge on any atom is -0.457 e. The van der Waals surface area contributed by atoms with E-state index in [9.17, 15) is 0 Å². The van der Waals surface area contributed by atoms with Crippen LogP contribution in [0.25, 0.3) is 5.69 Å². The molecule has 1 unspecified atom stereocenters. The van der Waals surface area contributed by atoms with E-state index < -0.39 is 0 Å². The van der Waals surface area contributed by atoms with Crippen LogP contribution in [0.1, 0.15) is 57.2 Å². The molecule has 0 amide bonds. The Labute approximate surface area is 190 Å². The first-order valence-electron chi connectivity index (χ1n) is 11.5. The van der Waals surface area contributed by atoms with Crippen LogP contribution >= 0.6 is 0 Å². The van der Waals surface area contributed by atoms with Gasteiger partial charge >= 0.3 is 0 Å². The maximum atomic E-state index is 6.31. The molecule has 32 heavy (non-hydrogen) atoms. The lowest BCUT2D eigenvalue weighted by Gasteiger charge is -2.34. The van der Waals surface area contributed by atoms with Crippen LogP contribution in [0.2, 0.25) is 0 Å². The van der Waals surface area contributed by atoms with E-state index in [-0.39, 0.29) is 5.41 Å². The second kappa shape index (κ2) is 10.3. The normalized spacial score (nSPS) is 12.9. The molecule has 0 spiro atoms. The monoisotopic (exact) mass is 425 g/mol. The van der Waals surface area contributed by atoms with Gasteiger partial charge in [0.1, 0.15) is 11.5 Å². The van der Waals surface area contributed by atoms with Crippen molar-refractivity contribution in [1.29, 1.82) is 0 Å². The summed E-state index contributed by atoms with van der Waals surface area (Å²) in [6, 6.07) is 24.7. The van der Waals surface area contributed by atoms with Crippen LogP contribution in [0.5, 0.6) is 11.5 Å². The van der Waals surface area contributed by atoms with E-state index in [0.717, 1.165) is 55.0 Å². The Kier molecular flexibility index (Phi) is 7.00. The Morgan fingerprint density at radius 2 is 1.66 bits per heavy atom. The first kappa shape index (κ1) is 21.8. The zero-order valence-electron chi connectivity index (χ0n) is 18.9. The third-order valence-corrected chi connectivity index (χ3v) is 6.00. The van der Waals surface area contributed by atoms with Gasteiger partial charge in [0.2, 0.25) is 0 Å². The molecule has 0 radical (unpaired) electrons. The number of hydrogen-bond acceptors (Lipinski definition) is 3. The summed E-state index contributed by atoms with van der Waals surface area (Å²) in [6.45, 7) is 4.51. The number of hydrogen-bond donors (Lipinski definition) is 0. The molecule has 164 valence electrons. The molecule has 2 aromatic carbocycles. The molecule has 4 rings (SSSR count). The highest BCUT2D eigenvalue weighted by atomic mass is 16.5. The minimum atomic E-state index is -0.109. The van der Waals surface area contributed by atoms with E-state index >= 15 is 0 Å². The Morgan fingerprint density at radius 3 is 2.38 bits per heavy atom. The Balaban J connectivity index is 1.69. The summed E-state index contributed by atoms with van der Waals surface area (Å²) < 4.78 is 8.14. The molecule has 0 aliphatic rings. The Morgan fingerprint density at radius 1 is 0.812 bits per heavy atom. The topological polar surface area (TPSA) is 39.9 Å². The zero-order valence-corrected chi connectivity index (χ0v) is 18.9. The number of ether oxygens (including phenoxy) is 1. The van der Waals surface area contributed by atoms with Gasteiger partial charge in [0, 0.05) is 30.1 Å². The fourth-order valence-electron chi connectivity index (χ4n) is 4.47. The van der Waals surface area contributed by atoms with Gasteiger partial charge in [-0.05, 0) is 60.9 Å². The molecule has 0 saturated carbocycles. The van der Waals surface area contributed by atoms with E-state index in [1.807, 2.05) is 59.5 Å². The van der Waals surface area contributed by atoms with Crippen molar-refractivity contribution in [2.45, 2.75) is 51.4 Å². The lowest BCUT2D eigenvalue weighted by Crippen LogP contribution is -2.29. The number of aromatic nitrogens is 3. The van der Waals surface area contributed by atoms with Gasteiger partial charge in [-0.2, -0.15) is 5.10 Å².